The lowest BCUT2D eigenvalue weighted by atomic mass is 10.1. The highest BCUT2D eigenvalue weighted by molar-refractivity contribution is 5.89. The van der Waals surface area contributed by atoms with E-state index in [9.17, 15) is 4.79 Å². The minimum atomic E-state index is -0.242. The van der Waals surface area contributed by atoms with Gasteiger partial charge in [-0.1, -0.05) is 24.3 Å². The first-order valence-electron chi connectivity index (χ1n) is 7.24. The first-order valence-corrected chi connectivity index (χ1v) is 7.24. The second-order valence-electron chi connectivity index (χ2n) is 5.09. The fraction of sp³-hybridized carbons (Fsp3) is 0.235. The van der Waals surface area contributed by atoms with Crippen molar-refractivity contribution in [2.45, 2.75) is 13.0 Å². The number of carbonyl (C=O) groups is 1. The van der Waals surface area contributed by atoms with Gasteiger partial charge in [0, 0.05) is 5.69 Å². The third-order valence-electron chi connectivity index (χ3n) is 3.45. The molecule has 1 aliphatic rings. The van der Waals surface area contributed by atoms with Crippen LogP contribution < -0.4 is 20.1 Å². The minimum absolute atomic E-state index is 0.139. The Morgan fingerprint density at radius 2 is 1.77 bits per heavy atom. The highest BCUT2D eigenvalue weighted by Crippen LogP contribution is 2.32. The summed E-state index contributed by atoms with van der Waals surface area (Å²) in [4.78, 5) is 12.0. The first kappa shape index (κ1) is 14.3. The van der Waals surface area contributed by atoms with E-state index < -0.39 is 0 Å². The van der Waals surface area contributed by atoms with Gasteiger partial charge in [0.2, 0.25) is 0 Å². The molecule has 0 saturated carbocycles. The summed E-state index contributed by atoms with van der Waals surface area (Å²) in [5.41, 5.74) is 1.72. The van der Waals surface area contributed by atoms with Crippen LogP contribution in [0.2, 0.25) is 0 Å². The summed E-state index contributed by atoms with van der Waals surface area (Å²) in [6.07, 6.45) is 0. The van der Waals surface area contributed by atoms with Crippen LogP contribution in [0.4, 0.5) is 10.5 Å². The van der Waals surface area contributed by atoms with Crippen molar-refractivity contribution in [3.8, 4) is 11.5 Å². The molecule has 5 heteroatoms. The molecule has 3 rings (SSSR count). The molecule has 2 aromatic carbocycles. The van der Waals surface area contributed by atoms with Gasteiger partial charge in [0.25, 0.3) is 0 Å². The van der Waals surface area contributed by atoms with Crippen LogP contribution in [0.1, 0.15) is 18.5 Å². The van der Waals surface area contributed by atoms with Crippen LogP contribution >= 0.6 is 0 Å². The van der Waals surface area contributed by atoms with Gasteiger partial charge in [-0.05, 0) is 36.8 Å². The number of rotatable bonds is 3. The SMILES string of the molecule is C[C@@H](NC(=O)Nc1ccccc1)c1ccc2c(c1)OCCO2. The number of nitrogens with one attached hydrogen (secondary N) is 2. The highest BCUT2D eigenvalue weighted by atomic mass is 16.6. The monoisotopic (exact) mass is 298 g/mol. The Morgan fingerprint density at radius 1 is 1.05 bits per heavy atom. The normalized spacial score (nSPS) is 14.0. The number of carbonyl (C=O) groups excluding carboxylic acids is 1. The standard InChI is InChI=1S/C17H18N2O3/c1-12(18-17(20)19-14-5-3-2-4-6-14)13-7-8-15-16(11-13)22-10-9-21-15/h2-8,11-12H,9-10H2,1H3,(H2,18,19,20)/t12-/m1/s1. The number of fused-ring (bicyclic) bond motifs is 1. The summed E-state index contributed by atoms with van der Waals surface area (Å²) in [6.45, 7) is 3.04. The van der Waals surface area contributed by atoms with E-state index in [1.807, 2.05) is 55.5 Å². The van der Waals surface area contributed by atoms with Gasteiger partial charge in [0.05, 0.1) is 6.04 Å². The zero-order valence-electron chi connectivity index (χ0n) is 12.3. The molecule has 0 aromatic heterocycles. The van der Waals surface area contributed by atoms with Crippen molar-refractivity contribution in [2.24, 2.45) is 0 Å². The summed E-state index contributed by atoms with van der Waals surface area (Å²) in [7, 11) is 0. The van der Waals surface area contributed by atoms with Crippen molar-refractivity contribution in [3.05, 3.63) is 54.1 Å². The fourth-order valence-electron chi connectivity index (χ4n) is 2.30. The van der Waals surface area contributed by atoms with E-state index in [1.54, 1.807) is 0 Å². The maximum Gasteiger partial charge on any atom is 0.319 e. The number of ether oxygens (including phenoxy) is 2. The van der Waals surface area contributed by atoms with Crippen molar-refractivity contribution in [1.29, 1.82) is 0 Å². The van der Waals surface area contributed by atoms with Crippen molar-refractivity contribution in [2.75, 3.05) is 18.5 Å². The molecule has 5 nitrogen and oxygen atoms in total. The Balaban J connectivity index is 1.64. The Labute approximate surface area is 129 Å². The number of benzene rings is 2. The van der Waals surface area contributed by atoms with E-state index in [-0.39, 0.29) is 12.1 Å². The Morgan fingerprint density at radius 3 is 2.55 bits per heavy atom. The van der Waals surface area contributed by atoms with Crippen LogP contribution in [0.25, 0.3) is 0 Å². The predicted molar refractivity (Wildman–Crippen MR) is 84.4 cm³/mol. The van der Waals surface area contributed by atoms with Gasteiger partial charge >= 0.3 is 6.03 Å². The second-order valence-corrected chi connectivity index (χ2v) is 5.09. The maximum atomic E-state index is 12.0. The molecule has 0 unspecified atom stereocenters. The Bertz CT molecular complexity index is 658. The molecule has 0 spiro atoms. The molecule has 0 aliphatic carbocycles. The molecule has 0 fully saturated rings. The molecule has 0 saturated heterocycles. The highest BCUT2D eigenvalue weighted by Gasteiger charge is 2.15. The summed E-state index contributed by atoms with van der Waals surface area (Å²) in [5.74, 6) is 1.47. The van der Waals surface area contributed by atoms with Crippen LogP contribution in [0.3, 0.4) is 0 Å². The summed E-state index contributed by atoms with van der Waals surface area (Å²) < 4.78 is 11.1. The van der Waals surface area contributed by atoms with Gasteiger partial charge in [-0.15, -0.1) is 0 Å². The lowest BCUT2D eigenvalue weighted by molar-refractivity contribution is 0.171. The van der Waals surface area contributed by atoms with E-state index in [0.29, 0.717) is 13.2 Å². The van der Waals surface area contributed by atoms with E-state index >= 15 is 0 Å². The van der Waals surface area contributed by atoms with Crippen LogP contribution in [-0.4, -0.2) is 19.2 Å². The molecule has 2 aromatic rings. The molecule has 114 valence electrons. The van der Waals surface area contributed by atoms with Gasteiger partial charge in [-0.2, -0.15) is 0 Å². The van der Waals surface area contributed by atoms with E-state index in [1.165, 1.54) is 0 Å². The molecule has 1 aliphatic heterocycles. The molecular formula is C17H18N2O3. The van der Waals surface area contributed by atoms with E-state index in [2.05, 4.69) is 10.6 Å². The van der Waals surface area contributed by atoms with Gasteiger partial charge in [-0.3, -0.25) is 0 Å². The molecular weight excluding hydrogens is 280 g/mol. The molecule has 0 bridgehead atoms. The largest absolute Gasteiger partial charge is 0.486 e. The third kappa shape index (κ3) is 3.31. The summed E-state index contributed by atoms with van der Waals surface area (Å²) >= 11 is 0. The van der Waals surface area contributed by atoms with Crippen LogP contribution in [0, 0.1) is 0 Å². The molecule has 2 amide bonds. The number of para-hydroxylation sites is 1. The molecule has 1 heterocycles. The zero-order chi connectivity index (χ0) is 15.4. The van der Waals surface area contributed by atoms with E-state index in [0.717, 1.165) is 22.7 Å². The Kier molecular flexibility index (Phi) is 4.14. The number of anilines is 1. The maximum absolute atomic E-state index is 12.0. The van der Waals surface area contributed by atoms with Crippen molar-refractivity contribution < 1.29 is 14.3 Å². The lowest BCUT2D eigenvalue weighted by Gasteiger charge is -2.21. The average molecular weight is 298 g/mol. The number of amides is 2. The zero-order valence-corrected chi connectivity index (χ0v) is 12.3. The van der Waals surface area contributed by atoms with Gasteiger partial charge in [0.15, 0.2) is 11.5 Å². The van der Waals surface area contributed by atoms with Crippen molar-refractivity contribution in [1.82, 2.24) is 5.32 Å². The van der Waals surface area contributed by atoms with Crippen molar-refractivity contribution in [3.63, 3.8) is 0 Å². The molecule has 1 atom stereocenters. The molecule has 22 heavy (non-hydrogen) atoms. The van der Waals surface area contributed by atoms with Gasteiger partial charge in [0.1, 0.15) is 13.2 Å². The van der Waals surface area contributed by atoms with Crippen LogP contribution in [-0.2, 0) is 0 Å². The number of hydrogen-bond donors (Lipinski definition) is 2. The second kappa shape index (κ2) is 6.39. The van der Waals surface area contributed by atoms with Crippen molar-refractivity contribution >= 4 is 11.7 Å². The average Bonchev–Trinajstić information content (AvgIpc) is 2.55. The molecule has 0 radical (unpaired) electrons. The minimum Gasteiger partial charge on any atom is -0.486 e. The van der Waals surface area contributed by atoms with Crippen LogP contribution in [0.15, 0.2) is 48.5 Å². The smallest absolute Gasteiger partial charge is 0.319 e. The Hall–Kier alpha value is -2.69. The quantitative estimate of drug-likeness (QED) is 0.913. The van der Waals surface area contributed by atoms with E-state index in [4.69, 9.17) is 9.47 Å². The fourth-order valence-corrected chi connectivity index (χ4v) is 2.30. The first-order chi connectivity index (χ1) is 10.7. The summed E-state index contributed by atoms with van der Waals surface area (Å²) in [6, 6.07) is 14.7. The van der Waals surface area contributed by atoms with Crippen LogP contribution in [0.5, 0.6) is 11.5 Å². The lowest BCUT2D eigenvalue weighted by Crippen LogP contribution is -2.31. The third-order valence-corrected chi connectivity index (χ3v) is 3.45. The van der Waals surface area contributed by atoms with Gasteiger partial charge < -0.3 is 20.1 Å². The molecule has 2 N–H and O–H groups in total. The predicted octanol–water partition coefficient (Wildman–Crippen LogP) is 3.34. The number of urea groups is 1. The topological polar surface area (TPSA) is 59.6 Å². The number of hydrogen-bond acceptors (Lipinski definition) is 3. The van der Waals surface area contributed by atoms with Gasteiger partial charge in [-0.25, -0.2) is 4.79 Å². The summed E-state index contributed by atoms with van der Waals surface area (Å²) in [5, 5.41) is 5.70.